The van der Waals surface area contributed by atoms with E-state index in [1.165, 1.54) is 4.90 Å². The molecule has 0 radical (unpaired) electrons. The summed E-state index contributed by atoms with van der Waals surface area (Å²) < 4.78 is 0. The summed E-state index contributed by atoms with van der Waals surface area (Å²) in [5, 5.41) is 15.0. The quantitative estimate of drug-likeness (QED) is 0.183. The zero-order valence-corrected chi connectivity index (χ0v) is 20.4. The van der Waals surface area contributed by atoms with Crippen LogP contribution in [0.4, 0.5) is 0 Å². The molecule has 1 aliphatic rings. The number of rotatable bonds is 11. The largest absolute Gasteiger partial charge is 0.480 e. The molecule has 4 atom stereocenters. The number of para-hydroxylation sites is 1. The van der Waals surface area contributed by atoms with Gasteiger partial charge in [0.25, 0.3) is 0 Å². The number of benzene rings is 1. The Morgan fingerprint density at radius 1 is 1.17 bits per heavy atom. The molecule has 4 unspecified atom stereocenters. The van der Waals surface area contributed by atoms with E-state index >= 15 is 0 Å². The normalized spacial score (nSPS) is 17.8. The van der Waals surface area contributed by atoms with Gasteiger partial charge in [-0.1, -0.05) is 18.2 Å². The van der Waals surface area contributed by atoms with Crippen LogP contribution in [0.3, 0.4) is 0 Å². The molecule has 1 aromatic heterocycles. The van der Waals surface area contributed by atoms with Crippen molar-refractivity contribution in [1.82, 2.24) is 20.5 Å². The highest BCUT2D eigenvalue weighted by Gasteiger charge is 2.39. The number of thiol groups is 1. The van der Waals surface area contributed by atoms with E-state index in [2.05, 4.69) is 28.2 Å². The number of nitrogens with two attached hydrogens (primary N) is 2. The lowest BCUT2D eigenvalue weighted by molar-refractivity contribution is -0.145. The third-order valence-corrected chi connectivity index (χ3v) is 6.47. The van der Waals surface area contributed by atoms with Crippen LogP contribution in [0.1, 0.15) is 24.8 Å². The summed E-state index contributed by atoms with van der Waals surface area (Å²) in [4.78, 5) is 66.1. The van der Waals surface area contributed by atoms with Crippen LogP contribution in [0.2, 0.25) is 0 Å². The Bertz CT molecular complexity index is 1150. The van der Waals surface area contributed by atoms with E-state index in [-0.39, 0.29) is 18.7 Å². The molecule has 1 fully saturated rings. The number of carbonyl (C=O) groups is 5. The number of carbonyl (C=O) groups excluding carboxylic acids is 4. The Morgan fingerprint density at radius 3 is 2.56 bits per heavy atom. The molecule has 2 aromatic rings. The summed E-state index contributed by atoms with van der Waals surface area (Å²) in [7, 11) is 0. The van der Waals surface area contributed by atoms with E-state index in [1.54, 1.807) is 6.20 Å². The average molecular weight is 519 g/mol. The van der Waals surface area contributed by atoms with Gasteiger partial charge in [0, 0.05) is 29.4 Å². The molecule has 0 bridgehead atoms. The third-order valence-electron chi connectivity index (χ3n) is 6.11. The van der Waals surface area contributed by atoms with Gasteiger partial charge in [-0.2, -0.15) is 12.6 Å². The summed E-state index contributed by atoms with van der Waals surface area (Å²) in [6, 6.07) is 3.02. The standard InChI is InChI=1S/C23H30N6O6S/c24-14(8-12-10-26-15-5-2-1-4-13(12)15)20(31)27-16(9-19(25)30)22(33)29-7-3-6-18(29)21(32)28-17(11-36)23(34)35/h1-2,4-5,10,14,16-18,26,36H,3,6-9,11,24H2,(H2,25,30)(H,27,31)(H,28,32)(H,34,35). The van der Waals surface area contributed by atoms with Crippen molar-refractivity contribution < 1.29 is 29.1 Å². The molecule has 0 saturated carbocycles. The Morgan fingerprint density at radius 2 is 1.89 bits per heavy atom. The summed E-state index contributed by atoms with van der Waals surface area (Å²) in [5.41, 5.74) is 13.1. The third kappa shape index (κ3) is 6.34. The van der Waals surface area contributed by atoms with Crippen molar-refractivity contribution in [2.75, 3.05) is 12.3 Å². The Labute approximate surface area is 212 Å². The van der Waals surface area contributed by atoms with Gasteiger partial charge in [0.2, 0.25) is 23.6 Å². The topological polar surface area (TPSA) is 201 Å². The summed E-state index contributed by atoms with van der Waals surface area (Å²) in [6.45, 7) is 0.196. The van der Waals surface area contributed by atoms with Crippen molar-refractivity contribution in [2.45, 2.75) is 49.9 Å². The Kier molecular flexibility index (Phi) is 8.93. The molecule has 1 saturated heterocycles. The van der Waals surface area contributed by atoms with Gasteiger partial charge in [-0.25, -0.2) is 4.79 Å². The highest BCUT2D eigenvalue weighted by Crippen LogP contribution is 2.21. The molecule has 13 heteroatoms. The maximum Gasteiger partial charge on any atom is 0.327 e. The lowest BCUT2D eigenvalue weighted by atomic mass is 10.0. The van der Waals surface area contributed by atoms with E-state index in [4.69, 9.17) is 11.5 Å². The molecule has 0 aliphatic carbocycles. The second-order valence-corrected chi connectivity index (χ2v) is 9.04. The molecular weight excluding hydrogens is 488 g/mol. The fraction of sp³-hybridized carbons (Fsp3) is 0.435. The van der Waals surface area contributed by atoms with Crippen molar-refractivity contribution in [3.05, 3.63) is 36.0 Å². The van der Waals surface area contributed by atoms with Crippen molar-refractivity contribution in [3.8, 4) is 0 Å². The van der Waals surface area contributed by atoms with Crippen molar-refractivity contribution in [3.63, 3.8) is 0 Å². The first-order valence-electron chi connectivity index (χ1n) is 11.5. The van der Waals surface area contributed by atoms with Crippen LogP contribution in [0.25, 0.3) is 10.9 Å². The number of primary amides is 1. The number of nitrogens with one attached hydrogen (secondary N) is 3. The van der Waals surface area contributed by atoms with Gasteiger partial charge >= 0.3 is 5.97 Å². The van der Waals surface area contributed by atoms with Crippen LogP contribution in [0, 0.1) is 0 Å². The fourth-order valence-electron chi connectivity index (χ4n) is 4.27. The lowest BCUT2D eigenvalue weighted by Gasteiger charge is -2.29. The SMILES string of the molecule is NC(=O)CC(NC(=O)C(N)Cc1c[nH]c2ccccc12)C(=O)N1CCCC1C(=O)NC(CS)C(=O)O. The van der Waals surface area contributed by atoms with Crippen molar-refractivity contribution in [1.29, 1.82) is 0 Å². The van der Waals surface area contributed by atoms with Gasteiger partial charge < -0.3 is 37.1 Å². The van der Waals surface area contributed by atoms with Crippen LogP contribution < -0.4 is 22.1 Å². The van der Waals surface area contributed by atoms with E-state index in [0.29, 0.717) is 12.8 Å². The number of aliphatic carboxylic acids is 1. The summed E-state index contributed by atoms with van der Waals surface area (Å²) >= 11 is 3.92. The van der Waals surface area contributed by atoms with Gasteiger partial charge in [0.1, 0.15) is 18.1 Å². The molecule has 36 heavy (non-hydrogen) atoms. The number of amides is 4. The van der Waals surface area contributed by atoms with Gasteiger partial charge in [-0.05, 0) is 30.9 Å². The van der Waals surface area contributed by atoms with E-state index < -0.39 is 60.2 Å². The van der Waals surface area contributed by atoms with Crippen molar-refractivity contribution in [2.24, 2.45) is 11.5 Å². The molecule has 2 heterocycles. The first-order chi connectivity index (χ1) is 17.1. The van der Waals surface area contributed by atoms with Crippen LogP contribution in [-0.4, -0.2) is 81.1 Å². The number of aromatic nitrogens is 1. The smallest absolute Gasteiger partial charge is 0.327 e. The maximum atomic E-state index is 13.3. The minimum Gasteiger partial charge on any atom is -0.480 e. The minimum absolute atomic E-state index is 0.129. The second kappa shape index (κ2) is 11.9. The number of hydrogen-bond donors (Lipinski definition) is 7. The fourth-order valence-corrected chi connectivity index (χ4v) is 4.51. The predicted molar refractivity (Wildman–Crippen MR) is 134 cm³/mol. The number of likely N-dealkylation sites (tertiary alicyclic amines) is 1. The number of nitrogens with zero attached hydrogens (tertiary/aromatic N) is 1. The van der Waals surface area contributed by atoms with E-state index in [0.717, 1.165) is 16.5 Å². The number of hydrogen-bond acceptors (Lipinski definition) is 7. The average Bonchev–Trinajstić information content (AvgIpc) is 3.48. The summed E-state index contributed by atoms with van der Waals surface area (Å²) in [6.07, 6.45) is 2.24. The molecule has 3 rings (SSSR count). The molecule has 4 amide bonds. The van der Waals surface area contributed by atoms with Gasteiger partial charge in [0.05, 0.1) is 12.5 Å². The number of carboxylic acids is 1. The minimum atomic E-state index is -1.32. The first-order valence-corrected chi connectivity index (χ1v) is 12.1. The Balaban J connectivity index is 1.70. The number of carboxylic acid groups (broad SMARTS) is 1. The molecule has 12 nitrogen and oxygen atoms in total. The maximum absolute atomic E-state index is 13.3. The Hall–Kier alpha value is -3.58. The highest BCUT2D eigenvalue weighted by atomic mass is 32.1. The van der Waals surface area contributed by atoms with Crippen LogP contribution in [-0.2, 0) is 30.4 Å². The van der Waals surface area contributed by atoms with Crippen LogP contribution in [0.5, 0.6) is 0 Å². The monoisotopic (exact) mass is 518 g/mol. The van der Waals surface area contributed by atoms with Crippen LogP contribution in [0.15, 0.2) is 30.5 Å². The molecular formula is C23H30N6O6S. The second-order valence-electron chi connectivity index (χ2n) is 8.67. The molecule has 0 spiro atoms. The molecule has 194 valence electrons. The van der Waals surface area contributed by atoms with E-state index in [9.17, 15) is 29.1 Å². The number of fused-ring (bicyclic) bond motifs is 1. The number of aromatic amines is 1. The van der Waals surface area contributed by atoms with Gasteiger partial charge in [-0.15, -0.1) is 0 Å². The zero-order chi connectivity index (χ0) is 26.4. The summed E-state index contributed by atoms with van der Waals surface area (Å²) in [5.74, 6) is -4.17. The van der Waals surface area contributed by atoms with Gasteiger partial charge in [0.15, 0.2) is 0 Å². The lowest BCUT2D eigenvalue weighted by Crippen LogP contribution is -2.57. The molecule has 1 aliphatic heterocycles. The van der Waals surface area contributed by atoms with Gasteiger partial charge in [-0.3, -0.25) is 19.2 Å². The predicted octanol–water partition coefficient (Wildman–Crippen LogP) is -1.11. The zero-order valence-electron chi connectivity index (χ0n) is 19.5. The molecule has 8 N–H and O–H groups in total. The highest BCUT2D eigenvalue weighted by molar-refractivity contribution is 7.80. The van der Waals surface area contributed by atoms with E-state index in [1.807, 2.05) is 24.3 Å². The van der Waals surface area contributed by atoms with Crippen LogP contribution >= 0.6 is 12.6 Å². The van der Waals surface area contributed by atoms with Crippen molar-refractivity contribution >= 4 is 53.1 Å². The number of H-pyrrole nitrogens is 1. The molecule has 1 aromatic carbocycles. The first kappa shape index (κ1) is 27.0.